The fourth-order valence-electron chi connectivity index (χ4n) is 3.49. The number of nitrogens with zero attached hydrogens (tertiary/aromatic N) is 1. The van der Waals surface area contributed by atoms with E-state index < -0.39 is 23.6 Å². The number of carbonyl (C=O) groups excluding carboxylic acids is 3. The van der Waals surface area contributed by atoms with Crippen LogP contribution in [-0.2, 0) is 14.3 Å². The minimum absolute atomic E-state index is 0. The number of ether oxygens (including phenoxy) is 1. The van der Waals surface area contributed by atoms with Crippen molar-refractivity contribution in [1.29, 1.82) is 0 Å². The number of nitrogens with one attached hydrogen (secondary N) is 3. The summed E-state index contributed by atoms with van der Waals surface area (Å²) in [4.78, 5) is 50.0. The molecule has 3 rings (SSSR count). The van der Waals surface area contributed by atoms with E-state index in [1.165, 1.54) is 35.0 Å². The summed E-state index contributed by atoms with van der Waals surface area (Å²) in [6, 6.07) is 5.81. The summed E-state index contributed by atoms with van der Waals surface area (Å²) in [5.74, 6) is -1.28. The summed E-state index contributed by atoms with van der Waals surface area (Å²) < 4.78 is 6.22. The number of nitrogens with two attached hydrogens (primary N) is 1. The molecule has 1 aromatic carbocycles. The summed E-state index contributed by atoms with van der Waals surface area (Å²) in [5, 5.41) is 8.64. The summed E-state index contributed by atoms with van der Waals surface area (Å²) in [5.41, 5.74) is 5.71. The number of carbonyl (C=O) groups is 3. The van der Waals surface area contributed by atoms with Crippen LogP contribution in [0.4, 0.5) is 11.4 Å². The Balaban J connectivity index is 0.00000408. The molecular formula is C22H27Cl2N5O5. The number of halogens is 2. The Bertz CT molecular complexity index is 1120. The van der Waals surface area contributed by atoms with Crippen LogP contribution in [0.25, 0.3) is 0 Å². The zero-order valence-electron chi connectivity index (χ0n) is 18.7. The van der Waals surface area contributed by atoms with Crippen LogP contribution in [0.1, 0.15) is 36.7 Å². The number of aromatic nitrogens is 1. The average Bonchev–Trinajstić information content (AvgIpc) is 3.25. The van der Waals surface area contributed by atoms with E-state index in [1.807, 2.05) is 0 Å². The lowest BCUT2D eigenvalue weighted by Gasteiger charge is -2.19. The number of pyridine rings is 1. The molecule has 1 saturated heterocycles. The topological polar surface area (TPSA) is 145 Å². The number of amides is 2. The van der Waals surface area contributed by atoms with Gasteiger partial charge in [-0.3, -0.25) is 19.2 Å². The van der Waals surface area contributed by atoms with Gasteiger partial charge in [0.25, 0.3) is 11.5 Å². The van der Waals surface area contributed by atoms with Gasteiger partial charge in [-0.05, 0) is 50.6 Å². The van der Waals surface area contributed by atoms with Crippen molar-refractivity contribution in [2.75, 3.05) is 24.2 Å². The van der Waals surface area contributed by atoms with Crippen LogP contribution in [-0.4, -0.2) is 47.6 Å². The molecule has 1 fully saturated rings. The molecule has 0 saturated carbocycles. The highest BCUT2D eigenvalue weighted by molar-refractivity contribution is 6.33. The predicted octanol–water partition coefficient (Wildman–Crippen LogP) is 1.73. The first-order valence-corrected chi connectivity index (χ1v) is 10.9. The first kappa shape index (κ1) is 27.2. The first-order valence-electron chi connectivity index (χ1n) is 10.5. The summed E-state index contributed by atoms with van der Waals surface area (Å²) >= 11 is 5.96. The van der Waals surface area contributed by atoms with Crippen LogP contribution in [0, 0.1) is 0 Å². The monoisotopic (exact) mass is 511 g/mol. The Kier molecular flexibility index (Phi) is 9.48. The van der Waals surface area contributed by atoms with Crippen LogP contribution in [0.5, 0.6) is 0 Å². The van der Waals surface area contributed by atoms with Crippen molar-refractivity contribution in [1.82, 2.24) is 15.2 Å². The van der Waals surface area contributed by atoms with Crippen molar-refractivity contribution in [2.45, 2.75) is 38.4 Å². The van der Waals surface area contributed by atoms with Gasteiger partial charge in [0.2, 0.25) is 5.91 Å². The van der Waals surface area contributed by atoms with E-state index in [1.54, 1.807) is 19.9 Å². The van der Waals surface area contributed by atoms with Crippen molar-refractivity contribution < 1.29 is 19.1 Å². The average molecular weight is 512 g/mol. The standard InChI is InChI=1S/C22H26ClN5O5.ClH/c1-3-33-22(32)18-10-14(11-25-18)26-19(29)12(2)28-8-4-5-17(21(28)31)27-20(30)13-6-7-16(24)15(23)9-13;/h4-9,12,14,18,25H,3,10-11,24H2,1-2H3,(H,26,29)(H,27,30);1H/t12?,14-,18+;/m1./s1. The molecule has 12 heteroatoms. The smallest absolute Gasteiger partial charge is 0.323 e. The molecule has 0 bridgehead atoms. The second-order valence-electron chi connectivity index (χ2n) is 7.65. The molecule has 1 unspecified atom stereocenters. The van der Waals surface area contributed by atoms with Gasteiger partial charge in [-0.25, -0.2) is 0 Å². The summed E-state index contributed by atoms with van der Waals surface area (Å²) in [6.07, 6.45) is 1.86. The van der Waals surface area contributed by atoms with Gasteiger partial charge in [-0.2, -0.15) is 0 Å². The number of anilines is 2. The Hall–Kier alpha value is -3.08. The van der Waals surface area contributed by atoms with Crippen molar-refractivity contribution in [3.05, 3.63) is 57.5 Å². The predicted molar refractivity (Wildman–Crippen MR) is 131 cm³/mol. The van der Waals surface area contributed by atoms with Crippen molar-refractivity contribution in [3.8, 4) is 0 Å². The highest BCUT2D eigenvalue weighted by Crippen LogP contribution is 2.20. The van der Waals surface area contributed by atoms with Crippen molar-refractivity contribution >= 4 is 53.2 Å². The van der Waals surface area contributed by atoms with Crippen molar-refractivity contribution in [2.24, 2.45) is 0 Å². The Morgan fingerprint density at radius 3 is 2.74 bits per heavy atom. The van der Waals surface area contributed by atoms with Gasteiger partial charge in [-0.1, -0.05) is 11.6 Å². The number of nitrogen functional groups attached to an aromatic ring is 1. The van der Waals surface area contributed by atoms with E-state index in [2.05, 4.69) is 16.0 Å². The lowest BCUT2D eigenvalue weighted by atomic mass is 10.1. The Labute approximate surface area is 207 Å². The second kappa shape index (κ2) is 11.9. The molecule has 0 aliphatic carbocycles. The third-order valence-corrected chi connectivity index (χ3v) is 5.66. The molecule has 0 spiro atoms. The number of hydrogen-bond donors (Lipinski definition) is 4. The maximum absolute atomic E-state index is 12.9. The van der Waals surface area contributed by atoms with Crippen LogP contribution in [0.15, 0.2) is 41.3 Å². The minimum atomic E-state index is -0.845. The first-order chi connectivity index (χ1) is 15.7. The SMILES string of the molecule is CCOC(=O)[C@@H]1C[C@@H](NC(=O)C(C)n2cccc(NC(=O)c3ccc(N)c(Cl)c3)c2=O)CN1.Cl. The van der Waals surface area contributed by atoms with E-state index in [0.717, 1.165) is 0 Å². The van der Waals surface area contributed by atoms with Gasteiger partial charge < -0.3 is 31.0 Å². The molecule has 2 aromatic rings. The van der Waals surface area contributed by atoms with Crippen LogP contribution in [0.3, 0.4) is 0 Å². The molecule has 2 amide bonds. The summed E-state index contributed by atoms with van der Waals surface area (Å²) in [7, 11) is 0. The Morgan fingerprint density at radius 2 is 2.06 bits per heavy atom. The summed E-state index contributed by atoms with van der Waals surface area (Å²) in [6.45, 7) is 4.00. The zero-order valence-corrected chi connectivity index (χ0v) is 20.2. The molecule has 5 N–H and O–H groups in total. The lowest BCUT2D eigenvalue weighted by Crippen LogP contribution is -2.42. The molecule has 1 aromatic heterocycles. The molecule has 3 atom stereocenters. The molecule has 34 heavy (non-hydrogen) atoms. The minimum Gasteiger partial charge on any atom is -0.465 e. The quantitative estimate of drug-likeness (QED) is 0.327. The van der Waals surface area contributed by atoms with Crippen molar-refractivity contribution in [3.63, 3.8) is 0 Å². The van der Waals surface area contributed by atoms with Crippen LogP contribution in [0.2, 0.25) is 5.02 Å². The third-order valence-electron chi connectivity index (χ3n) is 5.33. The maximum Gasteiger partial charge on any atom is 0.323 e. The van der Waals surface area contributed by atoms with E-state index in [0.29, 0.717) is 18.7 Å². The Morgan fingerprint density at radius 1 is 1.32 bits per heavy atom. The van der Waals surface area contributed by atoms with E-state index in [9.17, 15) is 19.2 Å². The van der Waals surface area contributed by atoms with E-state index in [-0.39, 0.29) is 53.2 Å². The van der Waals surface area contributed by atoms with Crippen LogP contribution < -0.4 is 27.2 Å². The fourth-order valence-corrected chi connectivity index (χ4v) is 3.67. The van der Waals surface area contributed by atoms with Gasteiger partial charge in [0.1, 0.15) is 17.8 Å². The largest absolute Gasteiger partial charge is 0.465 e. The van der Waals surface area contributed by atoms with Gasteiger partial charge in [0.15, 0.2) is 0 Å². The van der Waals surface area contributed by atoms with Gasteiger partial charge in [0.05, 0.1) is 17.3 Å². The van der Waals surface area contributed by atoms with Gasteiger partial charge in [0, 0.05) is 24.3 Å². The maximum atomic E-state index is 12.9. The molecule has 0 radical (unpaired) electrons. The molecule has 2 heterocycles. The highest BCUT2D eigenvalue weighted by Gasteiger charge is 2.32. The van der Waals surface area contributed by atoms with Crippen LogP contribution >= 0.6 is 24.0 Å². The number of esters is 1. The highest BCUT2D eigenvalue weighted by atomic mass is 35.5. The zero-order chi connectivity index (χ0) is 24.1. The fraction of sp³-hybridized carbons (Fsp3) is 0.364. The normalized spacial score (nSPS) is 17.9. The molecule has 10 nitrogen and oxygen atoms in total. The third kappa shape index (κ3) is 6.28. The molecule has 1 aliphatic rings. The molecule has 184 valence electrons. The number of rotatable bonds is 7. The van der Waals surface area contributed by atoms with Gasteiger partial charge >= 0.3 is 5.97 Å². The van der Waals surface area contributed by atoms with E-state index in [4.69, 9.17) is 22.1 Å². The lowest BCUT2D eigenvalue weighted by molar-refractivity contribution is -0.145. The van der Waals surface area contributed by atoms with E-state index >= 15 is 0 Å². The second-order valence-corrected chi connectivity index (χ2v) is 8.06. The molecule has 1 aliphatic heterocycles. The molecular weight excluding hydrogens is 485 g/mol. The van der Waals surface area contributed by atoms with Gasteiger partial charge in [-0.15, -0.1) is 12.4 Å². The number of benzene rings is 1. The number of hydrogen-bond acceptors (Lipinski definition) is 7.